The van der Waals surface area contributed by atoms with E-state index in [0.717, 1.165) is 12.1 Å². The van der Waals surface area contributed by atoms with Gasteiger partial charge in [0.25, 0.3) is 0 Å². The Bertz CT molecular complexity index is 387. The fraction of sp³-hybridized carbons (Fsp3) is 0.455. The molecule has 0 bridgehead atoms. The van der Waals surface area contributed by atoms with Crippen LogP contribution in [0.2, 0.25) is 0 Å². The quantitative estimate of drug-likeness (QED) is 0.819. The van der Waals surface area contributed by atoms with Gasteiger partial charge in [-0.3, -0.25) is 0 Å². The van der Waals surface area contributed by atoms with E-state index in [0.29, 0.717) is 5.33 Å². The average Bonchev–Trinajstić information content (AvgIpc) is 2.31. The zero-order chi connectivity index (χ0) is 13.0. The molecule has 0 aliphatic heterocycles. The normalized spacial score (nSPS) is 14.5. The van der Waals surface area contributed by atoms with Crippen LogP contribution in [-0.2, 0) is 0 Å². The lowest BCUT2D eigenvalue weighted by Gasteiger charge is -2.19. The SMILES string of the molecule is COc1cc(F)c(F)cc1C(O)C(O)CCBr. The number of benzene rings is 1. The summed E-state index contributed by atoms with van der Waals surface area (Å²) in [5.74, 6) is -2.15. The van der Waals surface area contributed by atoms with Crippen molar-refractivity contribution in [1.29, 1.82) is 0 Å². The molecule has 1 aromatic carbocycles. The molecule has 2 atom stereocenters. The Hall–Kier alpha value is -0.720. The number of ether oxygens (including phenoxy) is 1. The number of rotatable bonds is 5. The lowest BCUT2D eigenvalue weighted by atomic mass is 10.0. The molecular weight excluding hydrogens is 298 g/mol. The third-order valence-electron chi connectivity index (χ3n) is 2.36. The molecule has 2 unspecified atom stereocenters. The molecule has 96 valence electrons. The lowest BCUT2D eigenvalue weighted by molar-refractivity contribution is 0.0157. The van der Waals surface area contributed by atoms with Crippen LogP contribution in [0.1, 0.15) is 18.1 Å². The van der Waals surface area contributed by atoms with Gasteiger partial charge in [-0.05, 0) is 12.5 Å². The Balaban J connectivity index is 3.07. The van der Waals surface area contributed by atoms with Crippen LogP contribution in [-0.4, -0.2) is 28.8 Å². The van der Waals surface area contributed by atoms with Crippen LogP contribution < -0.4 is 4.74 Å². The van der Waals surface area contributed by atoms with Crippen LogP contribution in [0.4, 0.5) is 8.78 Å². The van der Waals surface area contributed by atoms with E-state index in [2.05, 4.69) is 15.9 Å². The molecule has 0 aliphatic rings. The maximum atomic E-state index is 13.1. The molecule has 0 fully saturated rings. The Morgan fingerprint density at radius 3 is 2.41 bits per heavy atom. The summed E-state index contributed by atoms with van der Waals surface area (Å²) in [5.41, 5.74) is 0.0276. The summed E-state index contributed by atoms with van der Waals surface area (Å²) >= 11 is 3.12. The number of halogens is 3. The monoisotopic (exact) mass is 310 g/mol. The van der Waals surface area contributed by atoms with Gasteiger partial charge in [0.05, 0.1) is 13.2 Å². The largest absolute Gasteiger partial charge is 0.496 e. The predicted octanol–water partition coefficient (Wildman–Crippen LogP) is 2.15. The second-order valence-electron chi connectivity index (χ2n) is 3.50. The topological polar surface area (TPSA) is 49.7 Å². The minimum absolute atomic E-state index is 0.00465. The van der Waals surface area contributed by atoms with E-state index in [1.54, 1.807) is 0 Å². The average molecular weight is 311 g/mol. The van der Waals surface area contributed by atoms with Gasteiger partial charge in [0, 0.05) is 17.0 Å². The molecule has 0 saturated carbocycles. The van der Waals surface area contributed by atoms with Gasteiger partial charge in [0.15, 0.2) is 11.6 Å². The summed E-state index contributed by atoms with van der Waals surface area (Å²) in [7, 11) is 1.28. The minimum Gasteiger partial charge on any atom is -0.496 e. The van der Waals surface area contributed by atoms with Gasteiger partial charge in [0.2, 0.25) is 0 Å². The standard InChI is InChI=1S/C11H13BrF2O3/c1-17-10-5-8(14)7(13)4-6(10)11(16)9(15)2-3-12/h4-5,9,11,15-16H,2-3H2,1H3. The van der Waals surface area contributed by atoms with Crippen molar-refractivity contribution in [3.05, 3.63) is 29.3 Å². The first kappa shape index (κ1) is 14.3. The molecule has 0 aromatic heterocycles. The van der Waals surface area contributed by atoms with Crippen LogP contribution in [0, 0.1) is 11.6 Å². The van der Waals surface area contributed by atoms with E-state index >= 15 is 0 Å². The Morgan fingerprint density at radius 2 is 1.88 bits per heavy atom. The number of hydrogen-bond donors (Lipinski definition) is 2. The molecule has 3 nitrogen and oxygen atoms in total. The highest BCUT2D eigenvalue weighted by Crippen LogP contribution is 2.30. The fourth-order valence-corrected chi connectivity index (χ4v) is 1.90. The molecule has 17 heavy (non-hydrogen) atoms. The summed E-state index contributed by atoms with van der Waals surface area (Å²) in [6.07, 6.45) is -2.12. The number of alkyl halides is 1. The number of aliphatic hydroxyl groups is 2. The lowest BCUT2D eigenvalue weighted by Crippen LogP contribution is -2.19. The van der Waals surface area contributed by atoms with Gasteiger partial charge in [-0.15, -0.1) is 0 Å². The number of methoxy groups -OCH3 is 1. The van der Waals surface area contributed by atoms with Gasteiger partial charge in [-0.1, -0.05) is 15.9 Å². The molecule has 1 rings (SSSR count). The number of hydrogen-bond acceptors (Lipinski definition) is 3. The summed E-state index contributed by atoms with van der Waals surface area (Å²) in [6.45, 7) is 0. The fourth-order valence-electron chi connectivity index (χ4n) is 1.43. The zero-order valence-corrected chi connectivity index (χ0v) is 10.7. The van der Waals surface area contributed by atoms with E-state index < -0.39 is 23.8 Å². The molecule has 0 saturated heterocycles. The molecule has 0 amide bonds. The van der Waals surface area contributed by atoms with E-state index in [-0.39, 0.29) is 17.7 Å². The van der Waals surface area contributed by atoms with Gasteiger partial charge >= 0.3 is 0 Å². The van der Waals surface area contributed by atoms with Crippen LogP contribution in [0.25, 0.3) is 0 Å². The molecular formula is C11H13BrF2O3. The van der Waals surface area contributed by atoms with E-state index in [4.69, 9.17) is 4.74 Å². The summed E-state index contributed by atoms with van der Waals surface area (Å²) in [4.78, 5) is 0. The van der Waals surface area contributed by atoms with Gasteiger partial charge < -0.3 is 14.9 Å². The zero-order valence-electron chi connectivity index (χ0n) is 9.16. The third kappa shape index (κ3) is 3.37. The highest BCUT2D eigenvalue weighted by Gasteiger charge is 2.23. The van der Waals surface area contributed by atoms with Crippen molar-refractivity contribution in [2.24, 2.45) is 0 Å². The highest BCUT2D eigenvalue weighted by molar-refractivity contribution is 9.09. The maximum Gasteiger partial charge on any atom is 0.162 e. The first-order chi connectivity index (χ1) is 8.01. The highest BCUT2D eigenvalue weighted by atomic mass is 79.9. The Labute approximate surface area is 106 Å². The first-order valence-electron chi connectivity index (χ1n) is 4.96. The molecule has 0 radical (unpaired) electrons. The van der Waals surface area contributed by atoms with Crippen LogP contribution >= 0.6 is 15.9 Å². The smallest absolute Gasteiger partial charge is 0.162 e. The van der Waals surface area contributed by atoms with Gasteiger partial charge in [0.1, 0.15) is 11.9 Å². The van der Waals surface area contributed by atoms with E-state index in [1.807, 2.05) is 0 Å². The molecule has 2 N–H and O–H groups in total. The Morgan fingerprint density at radius 1 is 1.29 bits per heavy atom. The molecule has 6 heteroatoms. The van der Waals surface area contributed by atoms with Crippen molar-refractivity contribution >= 4 is 15.9 Å². The molecule has 0 aliphatic carbocycles. The summed E-state index contributed by atoms with van der Waals surface area (Å²) in [6, 6.07) is 1.67. The summed E-state index contributed by atoms with van der Waals surface area (Å²) < 4.78 is 30.9. The molecule has 1 aromatic rings. The second-order valence-corrected chi connectivity index (χ2v) is 4.29. The third-order valence-corrected chi connectivity index (χ3v) is 2.82. The Kier molecular flexibility index (Phi) is 5.30. The van der Waals surface area contributed by atoms with Crippen molar-refractivity contribution in [3.63, 3.8) is 0 Å². The maximum absolute atomic E-state index is 13.1. The first-order valence-corrected chi connectivity index (χ1v) is 6.08. The van der Waals surface area contributed by atoms with Gasteiger partial charge in [-0.2, -0.15) is 0 Å². The van der Waals surface area contributed by atoms with Crippen molar-refractivity contribution in [3.8, 4) is 5.75 Å². The second kappa shape index (κ2) is 6.28. The molecule has 0 spiro atoms. The van der Waals surface area contributed by atoms with Crippen LogP contribution in [0.3, 0.4) is 0 Å². The van der Waals surface area contributed by atoms with Gasteiger partial charge in [-0.25, -0.2) is 8.78 Å². The number of aliphatic hydroxyl groups excluding tert-OH is 2. The predicted molar refractivity (Wildman–Crippen MR) is 62.3 cm³/mol. The van der Waals surface area contributed by atoms with Crippen molar-refractivity contribution in [1.82, 2.24) is 0 Å². The van der Waals surface area contributed by atoms with Crippen molar-refractivity contribution in [2.75, 3.05) is 12.4 Å². The van der Waals surface area contributed by atoms with Crippen molar-refractivity contribution < 1.29 is 23.7 Å². The van der Waals surface area contributed by atoms with E-state index in [9.17, 15) is 19.0 Å². The van der Waals surface area contributed by atoms with Crippen molar-refractivity contribution in [2.45, 2.75) is 18.6 Å². The molecule has 0 heterocycles. The van der Waals surface area contributed by atoms with E-state index in [1.165, 1.54) is 7.11 Å². The van der Waals surface area contributed by atoms with Crippen LogP contribution in [0.5, 0.6) is 5.75 Å². The van der Waals surface area contributed by atoms with Crippen LogP contribution in [0.15, 0.2) is 12.1 Å². The minimum atomic E-state index is -1.32. The summed E-state index contributed by atoms with van der Waals surface area (Å²) in [5, 5.41) is 19.9.